The third-order valence-electron chi connectivity index (χ3n) is 4.58. The van der Waals surface area contributed by atoms with Crippen LogP contribution in [-0.4, -0.2) is 38.9 Å². The summed E-state index contributed by atoms with van der Waals surface area (Å²) in [5.41, 5.74) is 2.33. The van der Waals surface area contributed by atoms with Crippen LogP contribution >= 0.6 is 0 Å². The lowest BCUT2D eigenvalue weighted by Gasteiger charge is -2.31. The van der Waals surface area contributed by atoms with Crippen LogP contribution in [0.5, 0.6) is 0 Å². The molecule has 0 radical (unpaired) electrons. The van der Waals surface area contributed by atoms with Gasteiger partial charge in [-0.1, -0.05) is 29.8 Å². The molecule has 0 bridgehead atoms. The molecule has 140 valence electrons. The number of aryl methyl sites for hydroxylation is 1. The Balaban J connectivity index is 1.70. The lowest BCUT2D eigenvalue weighted by molar-refractivity contribution is -0.917. The second-order valence-electron chi connectivity index (χ2n) is 6.49. The molecule has 1 fully saturated rings. The fraction of sp³-hybridized carbons (Fsp3) is 0.333. The predicted molar refractivity (Wildman–Crippen MR) is 90.7 cm³/mol. The molecule has 0 saturated carbocycles. The summed E-state index contributed by atoms with van der Waals surface area (Å²) in [7, 11) is -4.20. The Kier molecular flexibility index (Phi) is 5.36. The van der Waals surface area contributed by atoms with E-state index in [2.05, 4.69) is 6.07 Å². The van der Waals surface area contributed by atoms with Crippen molar-refractivity contribution in [3.63, 3.8) is 0 Å². The summed E-state index contributed by atoms with van der Waals surface area (Å²) in [6.07, 6.45) is 0. The molecule has 0 spiro atoms. The average Bonchev–Trinajstić information content (AvgIpc) is 2.60. The van der Waals surface area contributed by atoms with E-state index in [9.17, 15) is 21.6 Å². The molecule has 0 aliphatic carbocycles. The molecule has 0 atom stereocenters. The van der Waals surface area contributed by atoms with Crippen LogP contribution in [-0.2, 0) is 16.6 Å². The Bertz CT molecular complexity index is 911. The molecule has 0 amide bonds. The van der Waals surface area contributed by atoms with Crippen LogP contribution in [0, 0.1) is 24.4 Å². The fourth-order valence-corrected chi connectivity index (χ4v) is 4.67. The van der Waals surface area contributed by atoms with Crippen LogP contribution in [0.25, 0.3) is 0 Å². The fourth-order valence-electron chi connectivity index (χ4n) is 3.18. The van der Waals surface area contributed by atoms with Crippen LogP contribution < -0.4 is 4.90 Å². The zero-order chi connectivity index (χ0) is 18.9. The van der Waals surface area contributed by atoms with Crippen LogP contribution in [0.2, 0.25) is 0 Å². The van der Waals surface area contributed by atoms with Gasteiger partial charge in [-0.3, -0.25) is 0 Å². The summed E-state index contributed by atoms with van der Waals surface area (Å²) in [6.45, 7) is 4.29. The van der Waals surface area contributed by atoms with Gasteiger partial charge >= 0.3 is 0 Å². The Morgan fingerprint density at radius 1 is 1.04 bits per heavy atom. The van der Waals surface area contributed by atoms with Crippen LogP contribution in [0.4, 0.5) is 13.2 Å². The van der Waals surface area contributed by atoms with Gasteiger partial charge in [0.2, 0.25) is 10.0 Å². The summed E-state index contributed by atoms with van der Waals surface area (Å²) in [5.74, 6) is -4.84. The third-order valence-corrected chi connectivity index (χ3v) is 6.50. The highest BCUT2D eigenvalue weighted by molar-refractivity contribution is 7.89. The third kappa shape index (κ3) is 3.77. The van der Waals surface area contributed by atoms with Gasteiger partial charge in [-0.2, -0.15) is 4.31 Å². The Morgan fingerprint density at radius 3 is 2.38 bits per heavy atom. The van der Waals surface area contributed by atoms with Gasteiger partial charge in [-0.05, 0) is 19.1 Å². The first-order chi connectivity index (χ1) is 12.3. The minimum absolute atomic E-state index is 0.196. The zero-order valence-corrected chi connectivity index (χ0v) is 15.1. The number of sulfonamides is 1. The number of halogens is 3. The van der Waals surface area contributed by atoms with E-state index in [-0.39, 0.29) is 13.1 Å². The molecule has 3 rings (SSSR count). The molecule has 26 heavy (non-hydrogen) atoms. The number of nitrogens with one attached hydrogen (secondary N) is 1. The summed E-state index contributed by atoms with van der Waals surface area (Å²) < 4.78 is 66.6. The summed E-state index contributed by atoms with van der Waals surface area (Å²) in [4.78, 5) is 0.395. The molecular weight excluding hydrogens is 365 g/mol. The van der Waals surface area contributed by atoms with Crippen molar-refractivity contribution in [3.05, 3.63) is 65.0 Å². The molecule has 2 aromatic rings. The second kappa shape index (κ2) is 7.38. The summed E-state index contributed by atoms with van der Waals surface area (Å²) in [5, 5.41) is 0. The van der Waals surface area contributed by atoms with Gasteiger partial charge in [0.05, 0.1) is 26.2 Å². The van der Waals surface area contributed by atoms with Gasteiger partial charge in [0, 0.05) is 5.56 Å². The number of benzene rings is 2. The smallest absolute Gasteiger partial charge is 0.246 e. The minimum atomic E-state index is -4.20. The van der Waals surface area contributed by atoms with E-state index in [1.807, 2.05) is 25.1 Å². The van der Waals surface area contributed by atoms with E-state index in [1.165, 1.54) is 10.5 Å². The Labute approximate surface area is 150 Å². The van der Waals surface area contributed by atoms with Gasteiger partial charge in [0.1, 0.15) is 11.4 Å². The average molecular weight is 385 g/mol. The van der Waals surface area contributed by atoms with Crippen molar-refractivity contribution < 1.29 is 26.5 Å². The van der Waals surface area contributed by atoms with Gasteiger partial charge in [-0.15, -0.1) is 0 Å². The van der Waals surface area contributed by atoms with Crippen LogP contribution in [0.15, 0.2) is 41.3 Å². The standard InChI is InChI=1S/C18H19F3N2O2S/c1-13-3-2-4-14(11-13)12-22-7-9-23(10-8-22)26(24,25)16-6-5-15(19)17(20)18(16)21/h2-6,11H,7-10,12H2,1H3/p+1. The van der Waals surface area contributed by atoms with Crippen molar-refractivity contribution in [2.45, 2.75) is 18.4 Å². The highest BCUT2D eigenvalue weighted by atomic mass is 32.2. The van der Waals surface area contributed by atoms with Gasteiger partial charge in [0.15, 0.2) is 17.5 Å². The van der Waals surface area contributed by atoms with E-state index in [0.29, 0.717) is 19.2 Å². The van der Waals surface area contributed by atoms with Crippen molar-refractivity contribution in [2.24, 2.45) is 0 Å². The van der Waals surface area contributed by atoms with E-state index >= 15 is 0 Å². The lowest BCUT2D eigenvalue weighted by Crippen LogP contribution is -3.13. The molecular formula is C18H20F3N2O2S+. The van der Waals surface area contributed by atoms with Crippen molar-refractivity contribution in [3.8, 4) is 0 Å². The van der Waals surface area contributed by atoms with Gasteiger partial charge in [-0.25, -0.2) is 21.6 Å². The highest BCUT2D eigenvalue weighted by Crippen LogP contribution is 2.23. The van der Waals surface area contributed by atoms with E-state index in [0.717, 1.165) is 22.5 Å². The molecule has 0 aromatic heterocycles. The minimum Gasteiger partial charge on any atom is -0.329 e. The zero-order valence-electron chi connectivity index (χ0n) is 14.3. The van der Waals surface area contributed by atoms with E-state index in [1.54, 1.807) is 0 Å². The Hall–Kier alpha value is -1.90. The largest absolute Gasteiger partial charge is 0.329 e. The normalized spacial score (nSPS) is 16.8. The first-order valence-electron chi connectivity index (χ1n) is 8.32. The van der Waals surface area contributed by atoms with Crippen LogP contribution in [0.1, 0.15) is 11.1 Å². The highest BCUT2D eigenvalue weighted by Gasteiger charge is 2.33. The lowest BCUT2D eigenvalue weighted by atomic mass is 10.1. The van der Waals surface area contributed by atoms with Crippen LogP contribution in [0.3, 0.4) is 0 Å². The molecule has 1 aliphatic rings. The molecule has 1 saturated heterocycles. The number of piperazine rings is 1. The molecule has 2 aromatic carbocycles. The van der Waals surface area contributed by atoms with Gasteiger partial charge in [0.25, 0.3) is 0 Å². The number of rotatable bonds is 4. The topological polar surface area (TPSA) is 41.8 Å². The maximum atomic E-state index is 13.9. The number of quaternary nitrogens is 1. The number of hydrogen-bond donors (Lipinski definition) is 1. The monoisotopic (exact) mass is 385 g/mol. The van der Waals surface area contributed by atoms with Crippen molar-refractivity contribution >= 4 is 10.0 Å². The van der Waals surface area contributed by atoms with E-state index < -0.39 is 32.4 Å². The quantitative estimate of drug-likeness (QED) is 0.811. The molecule has 1 N–H and O–H groups in total. The molecule has 8 heteroatoms. The second-order valence-corrected chi connectivity index (χ2v) is 8.40. The van der Waals surface area contributed by atoms with Crippen molar-refractivity contribution in [1.29, 1.82) is 0 Å². The summed E-state index contributed by atoms with van der Waals surface area (Å²) in [6, 6.07) is 9.52. The molecule has 4 nitrogen and oxygen atoms in total. The first kappa shape index (κ1) is 18.9. The number of hydrogen-bond acceptors (Lipinski definition) is 2. The van der Waals surface area contributed by atoms with Gasteiger partial charge < -0.3 is 4.90 Å². The Morgan fingerprint density at radius 2 is 1.73 bits per heavy atom. The SMILES string of the molecule is Cc1cccc(C[NH+]2CCN(S(=O)(=O)c3ccc(F)c(F)c3F)CC2)c1. The first-order valence-corrected chi connectivity index (χ1v) is 9.76. The van der Waals surface area contributed by atoms with Crippen molar-refractivity contribution in [1.82, 2.24) is 4.31 Å². The van der Waals surface area contributed by atoms with E-state index in [4.69, 9.17) is 0 Å². The molecule has 1 aliphatic heterocycles. The predicted octanol–water partition coefficient (Wildman–Crippen LogP) is 1.50. The maximum absolute atomic E-state index is 13.9. The summed E-state index contributed by atoms with van der Waals surface area (Å²) >= 11 is 0. The number of nitrogens with zero attached hydrogens (tertiary/aromatic N) is 1. The van der Waals surface area contributed by atoms with Crippen molar-refractivity contribution in [2.75, 3.05) is 26.2 Å². The molecule has 1 heterocycles. The maximum Gasteiger partial charge on any atom is 0.246 e. The molecule has 0 unspecified atom stereocenters.